The van der Waals surface area contributed by atoms with Crippen molar-refractivity contribution in [2.24, 2.45) is 0 Å². The molecule has 2 rings (SSSR count). The molecule has 0 aromatic rings. The number of hydrogen-bond acceptors (Lipinski definition) is 2. The van der Waals surface area contributed by atoms with E-state index in [1.165, 1.54) is 6.42 Å². The zero-order chi connectivity index (χ0) is 9.26. The molecule has 0 radical (unpaired) electrons. The molecule has 2 fully saturated rings. The predicted molar refractivity (Wildman–Crippen MR) is 50.6 cm³/mol. The Morgan fingerprint density at radius 3 is 2.92 bits per heavy atom. The summed E-state index contributed by atoms with van der Waals surface area (Å²) in [6.07, 6.45) is 2.33. The van der Waals surface area contributed by atoms with E-state index in [4.69, 9.17) is 0 Å². The van der Waals surface area contributed by atoms with E-state index in [2.05, 4.69) is 10.6 Å². The van der Waals surface area contributed by atoms with Crippen LogP contribution in [-0.2, 0) is 0 Å². The van der Waals surface area contributed by atoms with E-state index in [9.17, 15) is 4.79 Å². The van der Waals surface area contributed by atoms with Crippen LogP contribution < -0.4 is 10.6 Å². The fourth-order valence-corrected chi connectivity index (χ4v) is 2.13. The van der Waals surface area contributed by atoms with E-state index < -0.39 is 0 Å². The smallest absolute Gasteiger partial charge is 0.318 e. The first-order valence-electron chi connectivity index (χ1n) is 5.05. The summed E-state index contributed by atoms with van der Waals surface area (Å²) in [5.41, 5.74) is 0. The number of piperidine rings is 1. The molecule has 2 aliphatic rings. The van der Waals surface area contributed by atoms with Crippen LogP contribution in [0.4, 0.5) is 4.79 Å². The highest BCUT2D eigenvalue weighted by Crippen LogP contribution is 2.14. The van der Waals surface area contributed by atoms with Gasteiger partial charge in [0.25, 0.3) is 0 Å². The van der Waals surface area contributed by atoms with Gasteiger partial charge in [-0.25, -0.2) is 4.79 Å². The van der Waals surface area contributed by atoms with Crippen LogP contribution in [0.1, 0.15) is 19.8 Å². The maximum Gasteiger partial charge on any atom is 0.318 e. The lowest BCUT2D eigenvalue weighted by Gasteiger charge is -2.30. The molecule has 2 saturated heterocycles. The minimum absolute atomic E-state index is 0.112. The zero-order valence-electron chi connectivity index (χ0n) is 8.05. The third kappa shape index (κ3) is 1.77. The Kier molecular flexibility index (Phi) is 2.40. The topological polar surface area (TPSA) is 44.4 Å². The van der Waals surface area contributed by atoms with Crippen LogP contribution >= 0.6 is 0 Å². The number of rotatable bonds is 1. The molecule has 2 atom stereocenters. The molecule has 0 unspecified atom stereocenters. The lowest BCUT2D eigenvalue weighted by Crippen LogP contribution is -2.47. The highest BCUT2D eigenvalue weighted by molar-refractivity contribution is 5.77. The maximum absolute atomic E-state index is 11.5. The van der Waals surface area contributed by atoms with Gasteiger partial charge in [-0.2, -0.15) is 0 Å². The van der Waals surface area contributed by atoms with Gasteiger partial charge in [0.2, 0.25) is 0 Å². The first-order valence-corrected chi connectivity index (χ1v) is 5.05. The van der Waals surface area contributed by atoms with Gasteiger partial charge in [-0.15, -0.1) is 0 Å². The molecule has 0 spiro atoms. The number of nitrogens with zero attached hydrogens (tertiary/aromatic N) is 1. The highest BCUT2D eigenvalue weighted by atomic mass is 16.2. The van der Waals surface area contributed by atoms with Gasteiger partial charge in [0.05, 0.1) is 0 Å². The van der Waals surface area contributed by atoms with Crippen molar-refractivity contribution < 1.29 is 4.79 Å². The van der Waals surface area contributed by atoms with Gasteiger partial charge in [-0.3, -0.25) is 0 Å². The van der Waals surface area contributed by atoms with Crippen molar-refractivity contribution in [3.8, 4) is 0 Å². The minimum Gasteiger partial charge on any atom is -0.334 e. The third-order valence-corrected chi connectivity index (χ3v) is 2.81. The van der Waals surface area contributed by atoms with Crippen LogP contribution in [0.2, 0.25) is 0 Å². The normalized spacial score (nSPS) is 34.8. The average Bonchev–Trinajstić information content (AvgIpc) is 2.47. The molecule has 2 heterocycles. The molecule has 0 aromatic carbocycles. The summed E-state index contributed by atoms with van der Waals surface area (Å²) >= 11 is 0. The second-order valence-electron chi connectivity index (χ2n) is 4.00. The number of amides is 2. The molecule has 2 N–H and O–H groups in total. The minimum atomic E-state index is 0.112. The molecule has 4 heteroatoms. The van der Waals surface area contributed by atoms with Crippen molar-refractivity contribution in [3.05, 3.63) is 0 Å². The number of nitrogens with one attached hydrogen (secondary N) is 2. The SMILES string of the molecule is C[C@@H]1CN([C@H]2CCCNC2)C(=O)N1. The molecule has 0 bridgehead atoms. The summed E-state index contributed by atoms with van der Waals surface area (Å²) < 4.78 is 0. The zero-order valence-corrected chi connectivity index (χ0v) is 8.05. The number of hydrogen-bond donors (Lipinski definition) is 2. The molecule has 0 saturated carbocycles. The molecule has 0 aromatic heterocycles. The predicted octanol–water partition coefficient (Wildman–Crippen LogP) is 0.152. The molecule has 2 aliphatic heterocycles. The Hall–Kier alpha value is -0.770. The fraction of sp³-hybridized carbons (Fsp3) is 0.889. The summed E-state index contributed by atoms with van der Waals surface area (Å²) in [6, 6.07) is 0.842. The number of carbonyl (C=O) groups excluding carboxylic acids is 1. The first-order chi connectivity index (χ1) is 6.27. The van der Waals surface area contributed by atoms with Gasteiger partial charge in [-0.1, -0.05) is 0 Å². The highest BCUT2D eigenvalue weighted by Gasteiger charge is 2.31. The van der Waals surface area contributed by atoms with Crippen molar-refractivity contribution >= 4 is 6.03 Å². The van der Waals surface area contributed by atoms with Crippen molar-refractivity contribution in [1.29, 1.82) is 0 Å². The first kappa shape index (κ1) is 8.81. The van der Waals surface area contributed by atoms with E-state index in [0.29, 0.717) is 12.1 Å². The average molecular weight is 183 g/mol. The summed E-state index contributed by atoms with van der Waals surface area (Å²) in [5.74, 6) is 0. The largest absolute Gasteiger partial charge is 0.334 e. The van der Waals surface area contributed by atoms with Crippen molar-refractivity contribution in [3.63, 3.8) is 0 Å². The third-order valence-electron chi connectivity index (χ3n) is 2.81. The quantitative estimate of drug-likeness (QED) is 0.608. The summed E-state index contributed by atoms with van der Waals surface area (Å²) in [7, 11) is 0. The molecule has 0 aliphatic carbocycles. The summed E-state index contributed by atoms with van der Waals surface area (Å²) in [4.78, 5) is 13.4. The molecule has 74 valence electrons. The molecule has 4 nitrogen and oxygen atoms in total. The van der Waals surface area contributed by atoms with E-state index >= 15 is 0 Å². The van der Waals surface area contributed by atoms with Gasteiger partial charge >= 0.3 is 6.03 Å². The van der Waals surface area contributed by atoms with Crippen LogP contribution in [0.5, 0.6) is 0 Å². The Morgan fingerprint density at radius 1 is 1.54 bits per heavy atom. The van der Waals surface area contributed by atoms with Crippen LogP contribution in [0.3, 0.4) is 0 Å². The van der Waals surface area contributed by atoms with Gasteiger partial charge in [0.15, 0.2) is 0 Å². The van der Waals surface area contributed by atoms with Crippen molar-refractivity contribution in [2.75, 3.05) is 19.6 Å². The van der Waals surface area contributed by atoms with E-state index in [1.807, 2.05) is 11.8 Å². The number of carbonyl (C=O) groups is 1. The Balaban J connectivity index is 1.95. The van der Waals surface area contributed by atoms with Crippen LogP contribution in [0.25, 0.3) is 0 Å². The van der Waals surface area contributed by atoms with Crippen LogP contribution in [0.15, 0.2) is 0 Å². The van der Waals surface area contributed by atoms with Crippen molar-refractivity contribution in [2.45, 2.75) is 31.8 Å². The Morgan fingerprint density at radius 2 is 2.38 bits per heavy atom. The standard InChI is InChI=1S/C9H17N3O/c1-7-6-12(9(13)11-7)8-3-2-4-10-5-8/h7-8,10H,2-6H2,1H3,(H,11,13)/t7-,8+/m1/s1. The van der Waals surface area contributed by atoms with E-state index in [0.717, 1.165) is 26.1 Å². The molecule has 2 amide bonds. The fourth-order valence-electron chi connectivity index (χ4n) is 2.13. The number of urea groups is 1. The van der Waals surface area contributed by atoms with Crippen LogP contribution in [0, 0.1) is 0 Å². The van der Waals surface area contributed by atoms with Crippen molar-refractivity contribution in [1.82, 2.24) is 15.5 Å². The lowest BCUT2D eigenvalue weighted by atomic mass is 10.1. The van der Waals surface area contributed by atoms with E-state index in [1.54, 1.807) is 0 Å². The molecular weight excluding hydrogens is 166 g/mol. The Labute approximate surface area is 78.7 Å². The lowest BCUT2D eigenvalue weighted by molar-refractivity contribution is 0.184. The van der Waals surface area contributed by atoms with Gasteiger partial charge in [0.1, 0.15) is 0 Å². The molecule has 13 heavy (non-hydrogen) atoms. The van der Waals surface area contributed by atoms with Gasteiger partial charge < -0.3 is 15.5 Å². The van der Waals surface area contributed by atoms with Gasteiger partial charge in [-0.05, 0) is 26.3 Å². The summed E-state index contributed by atoms with van der Waals surface area (Å²) in [5, 5.41) is 6.25. The molecular formula is C9H17N3O. The van der Waals surface area contributed by atoms with Crippen LogP contribution in [-0.4, -0.2) is 42.6 Å². The van der Waals surface area contributed by atoms with Gasteiger partial charge in [0, 0.05) is 25.2 Å². The summed E-state index contributed by atoms with van der Waals surface area (Å²) in [6.45, 7) is 4.97. The second-order valence-corrected chi connectivity index (χ2v) is 4.00. The monoisotopic (exact) mass is 183 g/mol. The second kappa shape index (κ2) is 3.54. The Bertz CT molecular complexity index is 201. The van der Waals surface area contributed by atoms with E-state index in [-0.39, 0.29) is 6.03 Å². The maximum atomic E-state index is 11.5.